The second-order valence-corrected chi connectivity index (χ2v) is 5.60. The third-order valence-corrected chi connectivity index (χ3v) is 3.76. The van der Waals surface area contributed by atoms with Gasteiger partial charge in [0.1, 0.15) is 11.6 Å². The number of hydrogen-bond donors (Lipinski definition) is 2. The lowest BCUT2D eigenvalue weighted by Gasteiger charge is -2.11. The molecule has 0 aromatic heterocycles. The molecule has 0 fully saturated rings. The number of carboxylic acids is 1. The Morgan fingerprint density at radius 1 is 0.923 bits per heavy atom. The number of benzene rings is 3. The molecule has 0 saturated heterocycles. The zero-order valence-electron chi connectivity index (χ0n) is 13.6. The molecule has 3 rings (SSSR count). The van der Waals surface area contributed by atoms with E-state index >= 15 is 0 Å². The molecule has 0 atom stereocenters. The van der Waals surface area contributed by atoms with Gasteiger partial charge in [-0.2, -0.15) is 0 Å². The molecule has 3 aromatic carbocycles. The maximum absolute atomic E-state index is 13.7. The zero-order valence-corrected chi connectivity index (χ0v) is 13.6. The lowest BCUT2D eigenvalue weighted by atomic mass is 10.1. The van der Waals surface area contributed by atoms with Gasteiger partial charge in [0, 0.05) is 11.3 Å². The summed E-state index contributed by atoms with van der Waals surface area (Å²) >= 11 is 0. The fourth-order valence-electron chi connectivity index (χ4n) is 2.44. The Bertz CT molecular complexity index is 966. The summed E-state index contributed by atoms with van der Waals surface area (Å²) in [6.45, 7) is 0. The van der Waals surface area contributed by atoms with Gasteiger partial charge in [-0.25, -0.2) is 13.6 Å². The van der Waals surface area contributed by atoms with E-state index in [9.17, 15) is 18.7 Å². The molecule has 0 bridgehead atoms. The number of aromatic carboxylic acids is 1. The van der Waals surface area contributed by atoms with E-state index < -0.39 is 5.97 Å². The molecule has 0 amide bonds. The molecule has 0 radical (unpaired) electrons. The van der Waals surface area contributed by atoms with E-state index in [0.717, 1.165) is 0 Å². The number of carboxylic acid groups (broad SMARTS) is 1. The van der Waals surface area contributed by atoms with Gasteiger partial charge in [0.2, 0.25) is 0 Å². The van der Waals surface area contributed by atoms with Gasteiger partial charge in [0.25, 0.3) is 0 Å². The first kappa shape index (κ1) is 17.4. The predicted molar refractivity (Wildman–Crippen MR) is 98.4 cm³/mol. The molecule has 3 nitrogen and oxygen atoms in total. The molecule has 3 aromatic rings. The molecule has 0 aliphatic carbocycles. The van der Waals surface area contributed by atoms with Crippen molar-refractivity contribution in [1.29, 1.82) is 0 Å². The second-order valence-electron chi connectivity index (χ2n) is 5.60. The van der Waals surface area contributed by atoms with Crippen molar-refractivity contribution in [3.8, 4) is 0 Å². The summed E-state index contributed by atoms with van der Waals surface area (Å²) in [5, 5.41) is 12.3. The van der Waals surface area contributed by atoms with Crippen LogP contribution in [-0.4, -0.2) is 11.1 Å². The van der Waals surface area contributed by atoms with Crippen molar-refractivity contribution in [2.75, 3.05) is 5.32 Å². The normalized spacial score (nSPS) is 10.8. The van der Waals surface area contributed by atoms with Gasteiger partial charge < -0.3 is 10.4 Å². The molecule has 130 valence electrons. The van der Waals surface area contributed by atoms with Crippen LogP contribution in [0.25, 0.3) is 12.2 Å². The monoisotopic (exact) mass is 351 g/mol. The van der Waals surface area contributed by atoms with Crippen LogP contribution < -0.4 is 5.32 Å². The van der Waals surface area contributed by atoms with E-state index in [1.807, 2.05) is 0 Å². The van der Waals surface area contributed by atoms with Crippen LogP contribution >= 0.6 is 0 Å². The zero-order chi connectivity index (χ0) is 18.5. The maximum atomic E-state index is 13.7. The first-order chi connectivity index (χ1) is 12.5. The smallest absolute Gasteiger partial charge is 0.337 e. The summed E-state index contributed by atoms with van der Waals surface area (Å²) < 4.78 is 26.7. The molecular formula is C21H15F2NO2. The van der Waals surface area contributed by atoms with E-state index in [1.165, 1.54) is 36.4 Å². The van der Waals surface area contributed by atoms with E-state index in [4.69, 9.17) is 0 Å². The number of anilines is 2. The van der Waals surface area contributed by atoms with Gasteiger partial charge in [0.15, 0.2) is 0 Å². The Labute approximate surface area is 149 Å². The van der Waals surface area contributed by atoms with E-state index in [1.54, 1.807) is 42.5 Å². The largest absolute Gasteiger partial charge is 0.478 e. The van der Waals surface area contributed by atoms with Crippen molar-refractivity contribution in [2.45, 2.75) is 0 Å². The molecule has 0 saturated carbocycles. The summed E-state index contributed by atoms with van der Waals surface area (Å²) in [4.78, 5) is 11.4. The second kappa shape index (κ2) is 7.61. The minimum absolute atomic E-state index is 0.0809. The Kier molecular flexibility index (Phi) is 5.08. The lowest BCUT2D eigenvalue weighted by molar-refractivity contribution is 0.0698. The molecule has 2 N–H and O–H groups in total. The van der Waals surface area contributed by atoms with Crippen LogP contribution in [0.15, 0.2) is 66.7 Å². The van der Waals surface area contributed by atoms with Crippen molar-refractivity contribution in [3.63, 3.8) is 0 Å². The van der Waals surface area contributed by atoms with Gasteiger partial charge in [0.05, 0.1) is 11.3 Å². The first-order valence-corrected chi connectivity index (χ1v) is 7.85. The van der Waals surface area contributed by atoms with Gasteiger partial charge >= 0.3 is 5.97 Å². The number of nitrogens with one attached hydrogen (secondary N) is 1. The Balaban J connectivity index is 1.92. The summed E-state index contributed by atoms with van der Waals surface area (Å²) in [6, 6.07) is 16.7. The molecule has 0 aliphatic heterocycles. The summed E-state index contributed by atoms with van der Waals surface area (Å²) in [7, 11) is 0. The standard InChI is InChI=1S/C21H15F2NO2/c22-16-8-10-17(11-9-16)24-20-13-14(6-12-18(20)21(25)26)5-7-15-3-1-2-4-19(15)23/h1-13,24H,(H,25,26)/b7-5+. The molecule has 0 spiro atoms. The van der Waals surface area contributed by atoms with Crippen molar-refractivity contribution < 1.29 is 18.7 Å². The summed E-state index contributed by atoms with van der Waals surface area (Å²) in [6.07, 6.45) is 3.31. The van der Waals surface area contributed by atoms with Gasteiger partial charge in [-0.1, -0.05) is 36.4 Å². The minimum Gasteiger partial charge on any atom is -0.478 e. The quantitative estimate of drug-likeness (QED) is 0.590. The molecule has 0 unspecified atom stereocenters. The number of rotatable bonds is 5. The Morgan fingerprint density at radius 3 is 2.35 bits per heavy atom. The topological polar surface area (TPSA) is 49.3 Å². The van der Waals surface area contributed by atoms with Crippen molar-refractivity contribution >= 4 is 29.5 Å². The summed E-state index contributed by atoms with van der Waals surface area (Å²) in [5.41, 5.74) is 2.13. The Hall–Kier alpha value is -3.47. The Morgan fingerprint density at radius 2 is 1.65 bits per heavy atom. The third-order valence-electron chi connectivity index (χ3n) is 3.76. The van der Waals surface area contributed by atoms with Crippen LogP contribution in [-0.2, 0) is 0 Å². The fourth-order valence-corrected chi connectivity index (χ4v) is 2.44. The highest BCUT2D eigenvalue weighted by Gasteiger charge is 2.10. The maximum Gasteiger partial charge on any atom is 0.337 e. The third kappa shape index (κ3) is 4.13. The predicted octanol–water partition coefficient (Wildman–Crippen LogP) is 5.58. The first-order valence-electron chi connectivity index (χ1n) is 7.85. The molecule has 0 aliphatic rings. The van der Waals surface area contributed by atoms with E-state index in [0.29, 0.717) is 22.5 Å². The fraction of sp³-hybridized carbons (Fsp3) is 0. The van der Waals surface area contributed by atoms with Crippen LogP contribution in [0.3, 0.4) is 0 Å². The highest BCUT2D eigenvalue weighted by atomic mass is 19.1. The molecule has 5 heteroatoms. The van der Waals surface area contributed by atoms with Crippen molar-refractivity contribution in [1.82, 2.24) is 0 Å². The van der Waals surface area contributed by atoms with Gasteiger partial charge in [-0.05, 0) is 48.0 Å². The van der Waals surface area contributed by atoms with Crippen LogP contribution in [0, 0.1) is 11.6 Å². The minimum atomic E-state index is -1.08. The van der Waals surface area contributed by atoms with Gasteiger partial charge in [-0.15, -0.1) is 0 Å². The van der Waals surface area contributed by atoms with E-state index in [-0.39, 0.29) is 17.2 Å². The average molecular weight is 351 g/mol. The van der Waals surface area contributed by atoms with Crippen molar-refractivity contribution in [3.05, 3.63) is 95.1 Å². The van der Waals surface area contributed by atoms with Crippen molar-refractivity contribution in [2.24, 2.45) is 0 Å². The molecule has 0 heterocycles. The molecular weight excluding hydrogens is 336 g/mol. The number of halogens is 2. The number of carbonyl (C=O) groups is 1. The highest BCUT2D eigenvalue weighted by molar-refractivity contribution is 5.96. The SMILES string of the molecule is O=C(O)c1ccc(/C=C/c2ccccc2F)cc1Nc1ccc(F)cc1. The van der Waals surface area contributed by atoms with Gasteiger partial charge in [-0.3, -0.25) is 0 Å². The lowest BCUT2D eigenvalue weighted by Crippen LogP contribution is -2.03. The highest BCUT2D eigenvalue weighted by Crippen LogP contribution is 2.24. The van der Waals surface area contributed by atoms with Crippen LogP contribution in [0.2, 0.25) is 0 Å². The molecule has 26 heavy (non-hydrogen) atoms. The van der Waals surface area contributed by atoms with Crippen LogP contribution in [0.1, 0.15) is 21.5 Å². The van der Waals surface area contributed by atoms with Crippen LogP contribution in [0.4, 0.5) is 20.2 Å². The van der Waals surface area contributed by atoms with E-state index in [2.05, 4.69) is 5.32 Å². The van der Waals surface area contributed by atoms with Crippen LogP contribution in [0.5, 0.6) is 0 Å². The summed E-state index contributed by atoms with van der Waals surface area (Å²) in [5.74, 6) is -1.80. The average Bonchev–Trinajstić information content (AvgIpc) is 2.63. The number of hydrogen-bond acceptors (Lipinski definition) is 2.